The SMILES string of the molecule is CCOC(=O)c1[nH]c2nc1-c1ccc(NC(=O)OC)cc1NC(=O)C(C)(C)CCC[C@@H]2c1ccc(-c2cc(F)ccc2-n2cc(C(F)(F)F)cn2)c[n+]1[O-]. The van der Waals surface area contributed by atoms with Crippen LogP contribution in [0.5, 0.6) is 0 Å². The number of methoxy groups -OCH3 is 1. The molecule has 6 rings (SSSR count). The van der Waals surface area contributed by atoms with E-state index in [9.17, 15) is 37.2 Å². The van der Waals surface area contributed by atoms with Crippen LogP contribution in [-0.4, -0.2) is 51.4 Å². The molecule has 3 N–H and O–H groups in total. The number of halogens is 4. The van der Waals surface area contributed by atoms with Gasteiger partial charge in [0.25, 0.3) is 0 Å². The molecule has 4 heterocycles. The fourth-order valence-corrected chi connectivity index (χ4v) is 6.24. The van der Waals surface area contributed by atoms with Gasteiger partial charge in [0.05, 0.1) is 36.9 Å². The quantitative estimate of drug-likeness (QED) is 0.0701. The Kier molecular flexibility index (Phi) is 10.2. The number of amides is 2. The molecule has 1 aliphatic rings. The molecule has 2 bridgehead atoms. The molecule has 54 heavy (non-hydrogen) atoms. The highest BCUT2D eigenvalue weighted by Crippen LogP contribution is 2.39. The molecule has 0 aliphatic carbocycles. The third-order valence-corrected chi connectivity index (χ3v) is 9.12. The molecule has 5 aromatic rings. The van der Waals surface area contributed by atoms with E-state index in [4.69, 9.17) is 14.5 Å². The molecule has 2 aromatic carbocycles. The van der Waals surface area contributed by atoms with Crippen molar-refractivity contribution in [3.63, 3.8) is 0 Å². The van der Waals surface area contributed by atoms with Gasteiger partial charge >= 0.3 is 18.2 Å². The summed E-state index contributed by atoms with van der Waals surface area (Å²) < 4.78 is 66.2. The second-order valence-corrected chi connectivity index (χ2v) is 13.2. The summed E-state index contributed by atoms with van der Waals surface area (Å²) in [5.74, 6) is -2.32. The number of aromatic amines is 1. The number of rotatable bonds is 6. The molecule has 0 saturated carbocycles. The lowest BCUT2D eigenvalue weighted by Crippen LogP contribution is -2.34. The van der Waals surface area contributed by atoms with Crippen molar-refractivity contribution in [1.82, 2.24) is 19.7 Å². The van der Waals surface area contributed by atoms with Crippen molar-refractivity contribution in [2.24, 2.45) is 5.41 Å². The smallest absolute Gasteiger partial charge is 0.419 e. The normalized spacial score (nSPS) is 15.6. The minimum atomic E-state index is -4.66. The predicted molar refractivity (Wildman–Crippen MR) is 187 cm³/mol. The van der Waals surface area contributed by atoms with E-state index in [-0.39, 0.29) is 57.9 Å². The molecule has 0 radical (unpaired) electrons. The van der Waals surface area contributed by atoms with Gasteiger partial charge in [-0.15, -0.1) is 0 Å². The van der Waals surface area contributed by atoms with E-state index >= 15 is 0 Å². The molecule has 0 unspecified atom stereocenters. The lowest BCUT2D eigenvalue weighted by molar-refractivity contribution is -0.614. The zero-order chi connectivity index (χ0) is 38.9. The van der Waals surface area contributed by atoms with Gasteiger partial charge in [-0.25, -0.2) is 23.6 Å². The number of benzene rings is 2. The molecule has 282 valence electrons. The van der Waals surface area contributed by atoms with Crippen LogP contribution in [0.3, 0.4) is 0 Å². The van der Waals surface area contributed by atoms with Crippen LogP contribution in [0.2, 0.25) is 0 Å². The van der Waals surface area contributed by atoms with Gasteiger partial charge in [0, 0.05) is 40.1 Å². The number of esters is 1. The first-order valence-electron chi connectivity index (χ1n) is 16.8. The van der Waals surface area contributed by atoms with Crippen molar-refractivity contribution in [1.29, 1.82) is 0 Å². The zero-order valence-corrected chi connectivity index (χ0v) is 29.5. The minimum absolute atomic E-state index is 0.0377. The maximum Gasteiger partial charge on any atom is 0.419 e. The Balaban J connectivity index is 1.48. The molecule has 2 amide bonds. The number of nitrogens with zero attached hydrogens (tertiary/aromatic N) is 4. The van der Waals surface area contributed by atoms with Gasteiger partial charge in [0.2, 0.25) is 11.6 Å². The Bertz CT molecular complexity index is 2250. The molecule has 0 saturated heterocycles. The van der Waals surface area contributed by atoms with Gasteiger partial charge in [-0.2, -0.15) is 23.0 Å². The maximum atomic E-state index is 14.6. The highest BCUT2D eigenvalue weighted by Gasteiger charge is 2.35. The van der Waals surface area contributed by atoms with Crippen LogP contribution in [0.15, 0.2) is 67.1 Å². The average molecular weight is 750 g/mol. The van der Waals surface area contributed by atoms with Crippen molar-refractivity contribution in [3.05, 3.63) is 101 Å². The standard InChI is InChI=1S/C37H35F4N7O6/c1-5-54-33(49)31-30-24-11-10-23(43-35(51)53-4)16-27(24)44-34(50)36(2,3)14-6-7-25(32(45-30)46-31)29-12-8-20(18-48(29)52)26-15-22(38)9-13-28(26)47-19-21(17-42-47)37(39,40)41/h8-13,15-19,25H,5-7,14H2,1-4H3,(H,43,51)(H,44,50)(H,45,46)/t25-/m1/s1. The molecule has 13 nitrogen and oxygen atoms in total. The maximum absolute atomic E-state index is 14.6. The molecule has 3 aromatic heterocycles. The van der Waals surface area contributed by atoms with E-state index in [1.165, 1.54) is 43.6 Å². The topological polar surface area (TPSA) is 167 Å². The number of aromatic nitrogens is 5. The van der Waals surface area contributed by atoms with Crippen LogP contribution in [0.25, 0.3) is 28.1 Å². The highest BCUT2D eigenvalue weighted by molar-refractivity contribution is 6.02. The molecule has 0 spiro atoms. The Morgan fingerprint density at radius 2 is 1.91 bits per heavy atom. The summed E-state index contributed by atoms with van der Waals surface area (Å²) >= 11 is 0. The first-order valence-corrected chi connectivity index (χ1v) is 16.8. The van der Waals surface area contributed by atoms with E-state index in [0.717, 1.165) is 23.0 Å². The van der Waals surface area contributed by atoms with Crippen LogP contribution in [0.4, 0.5) is 33.7 Å². The zero-order valence-electron chi connectivity index (χ0n) is 29.5. The Morgan fingerprint density at radius 1 is 1.13 bits per heavy atom. The van der Waals surface area contributed by atoms with Gasteiger partial charge in [0.1, 0.15) is 23.3 Å². The van der Waals surface area contributed by atoms with Crippen LogP contribution in [-0.2, 0) is 20.4 Å². The fourth-order valence-electron chi connectivity index (χ4n) is 6.24. The first-order chi connectivity index (χ1) is 25.6. The second-order valence-electron chi connectivity index (χ2n) is 13.2. The van der Waals surface area contributed by atoms with Crippen molar-refractivity contribution in [2.75, 3.05) is 24.4 Å². The Hall–Kier alpha value is -6.26. The van der Waals surface area contributed by atoms with E-state index in [2.05, 4.69) is 20.7 Å². The number of imidazole rings is 1. The summed E-state index contributed by atoms with van der Waals surface area (Å²) in [6, 6.07) is 11.1. The number of hydrogen-bond donors (Lipinski definition) is 3. The minimum Gasteiger partial charge on any atom is -0.618 e. The van der Waals surface area contributed by atoms with Crippen molar-refractivity contribution < 1.29 is 46.1 Å². The molecular weight excluding hydrogens is 714 g/mol. The molecule has 0 fully saturated rings. The summed E-state index contributed by atoms with van der Waals surface area (Å²) in [6.07, 6.45) is -1.72. The summed E-state index contributed by atoms with van der Waals surface area (Å²) in [7, 11) is 1.20. The van der Waals surface area contributed by atoms with Gasteiger partial charge < -0.3 is 25.0 Å². The van der Waals surface area contributed by atoms with Gasteiger partial charge in [-0.05, 0) is 62.2 Å². The summed E-state index contributed by atoms with van der Waals surface area (Å²) in [5.41, 5.74) is -0.426. The van der Waals surface area contributed by atoms with Gasteiger partial charge in [-0.1, -0.05) is 20.3 Å². The average Bonchev–Trinajstić information content (AvgIpc) is 3.79. The summed E-state index contributed by atoms with van der Waals surface area (Å²) in [6.45, 7) is 5.21. The monoisotopic (exact) mass is 749 g/mol. The molecule has 1 aliphatic heterocycles. The van der Waals surface area contributed by atoms with Gasteiger partial charge in [-0.3, -0.25) is 10.1 Å². The van der Waals surface area contributed by atoms with Crippen LogP contribution in [0, 0.1) is 16.4 Å². The van der Waals surface area contributed by atoms with Crippen molar-refractivity contribution in [2.45, 2.75) is 52.1 Å². The van der Waals surface area contributed by atoms with Crippen LogP contribution < -0.4 is 15.4 Å². The molecule has 17 heteroatoms. The number of hydrogen-bond acceptors (Lipinski definition) is 8. The Labute approximate surface area is 305 Å². The second kappa shape index (κ2) is 14.6. The number of pyridine rings is 1. The summed E-state index contributed by atoms with van der Waals surface area (Å²) in [5, 5.41) is 23.2. The number of alkyl halides is 3. The van der Waals surface area contributed by atoms with E-state index < -0.39 is 41.0 Å². The lowest BCUT2D eigenvalue weighted by Gasteiger charge is -2.26. The van der Waals surface area contributed by atoms with E-state index in [1.807, 2.05) is 0 Å². The third kappa shape index (κ3) is 7.60. The number of anilines is 2. The predicted octanol–water partition coefficient (Wildman–Crippen LogP) is 7.36. The van der Waals surface area contributed by atoms with Gasteiger partial charge in [0.15, 0.2) is 11.9 Å². The lowest BCUT2D eigenvalue weighted by atomic mass is 9.83. The largest absolute Gasteiger partial charge is 0.618 e. The Morgan fingerprint density at radius 3 is 2.59 bits per heavy atom. The number of carbonyl (C=O) groups excluding carboxylic acids is 3. The van der Waals surface area contributed by atoms with E-state index in [0.29, 0.717) is 41.4 Å². The van der Waals surface area contributed by atoms with Crippen molar-refractivity contribution >= 4 is 29.3 Å². The fraction of sp³-hybridized carbons (Fsp3) is 0.297. The highest BCUT2D eigenvalue weighted by atomic mass is 19.4. The van der Waals surface area contributed by atoms with Crippen LogP contribution >= 0.6 is 0 Å². The number of ether oxygens (including phenoxy) is 2. The van der Waals surface area contributed by atoms with Crippen molar-refractivity contribution in [3.8, 4) is 28.1 Å². The summed E-state index contributed by atoms with van der Waals surface area (Å²) in [4.78, 5) is 46.9. The number of nitrogens with one attached hydrogen (secondary N) is 3. The van der Waals surface area contributed by atoms with E-state index in [1.54, 1.807) is 26.8 Å². The first kappa shape index (κ1) is 37.5. The number of H-pyrrole nitrogens is 1. The third-order valence-electron chi connectivity index (χ3n) is 9.12. The van der Waals surface area contributed by atoms with Crippen LogP contribution in [0.1, 0.15) is 73.5 Å². The molecule has 1 atom stereocenters. The number of fused-ring (bicyclic) bond motifs is 4. The molecular formula is C37H35F4N7O6. The number of carbonyl (C=O) groups is 3.